The van der Waals surface area contributed by atoms with Gasteiger partial charge in [0, 0.05) is 17.4 Å². The normalized spacial score (nSPS) is 10.3. The Morgan fingerprint density at radius 1 is 1.41 bits per heavy atom. The molecule has 0 bridgehead atoms. The third-order valence-corrected chi connectivity index (χ3v) is 2.62. The van der Waals surface area contributed by atoms with Crippen LogP contribution in [0.3, 0.4) is 0 Å². The number of nitrogens with zero attached hydrogens (tertiary/aromatic N) is 4. The molecule has 0 amide bonds. The summed E-state index contributed by atoms with van der Waals surface area (Å²) in [5.41, 5.74) is 0.512. The highest BCUT2D eigenvalue weighted by Crippen LogP contribution is 2.30. The summed E-state index contributed by atoms with van der Waals surface area (Å²) in [6, 6.07) is 5.03. The molecule has 0 fully saturated rings. The lowest BCUT2D eigenvalue weighted by Crippen LogP contribution is -2.19. The predicted octanol–water partition coefficient (Wildman–Crippen LogP) is 1.62. The predicted molar refractivity (Wildman–Crippen MR) is 60.5 cm³/mol. The maximum absolute atomic E-state index is 10.7. The van der Waals surface area contributed by atoms with E-state index < -0.39 is 5.97 Å². The summed E-state index contributed by atoms with van der Waals surface area (Å²) in [5.74, 6) is -0.329. The second kappa shape index (κ2) is 4.68. The number of halogens is 2. The van der Waals surface area contributed by atoms with Gasteiger partial charge in [0.05, 0.1) is 10.0 Å². The van der Waals surface area contributed by atoms with Gasteiger partial charge in [0.15, 0.2) is 0 Å². The quantitative estimate of drug-likeness (QED) is 0.777. The van der Waals surface area contributed by atoms with Crippen LogP contribution in [0.1, 0.15) is 6.92 Å². The minimum atomic E-state index is -0.550. The molecule has 1 heterocycles. The molecule has 0 N–H and O–H groups in total. The van der Waals surface area contributed by atoms with Crippen molar-refractivity contribution in [2.75, 3.05) is 0 Å². The number of carbonyl (C=O) groups excluding carboxylic acids is 1. The molecule has 0 saturated carbocycles. The Bertz CT molecular complexity index is 570. The third kappa shape index (κ3) is 2.54. The van der Waals surface area contributed by atoms with Gasteiger partial charge >= 0.3 is 5.97 Å². The number of aromatic nitrogens is 4. The zero-order valence-corrected chi connectivity index (χ0v) is 10.1. The Morgan fingerprint density at radius 2 is 2.18 bits per heavy atom. The van der Waals surface area contributed by atoms with Gasteiger partial charge in [0.25, 0.3) is 0 Å². The van der Waals surface area contributed by atoms with E-state index in [0.29, 0.717) is 15.6 Å². The van der Waals surface area contributed by atoms with Gasteiger partial charge < -0.3 is 4.84 Å². The van der Waals surface area contributed by atoms with Gasteiger partial charge in [-0.15, -0.1) is 5.10 Å². The Labute approximate surface area is 106 Å². The molecule has 8 heteroatoms. The smallest absolute Gasteiger partial charge is 0.301 e. The highest BCUT2D eigenvalue weighted by atomic mass is 35.5. The van der Waals surface area contributed by atoms with Gasteiger partial charge in [0.2, 0.25) is 5.82 Å². The van der Waals surface area contributed by atoms with E-state index >= 15 is 0 Å². The van der Waals surface area contributed by atoms with Crippen LogP contribution in [0.4, 0.5) is 0 Å². The minimum Gasteiger partial charge on any atom is -0.301 e. The van der Waals surface area contributed by atoms with E-state index in [4.69, 9.17) is 23.2 Å². The standard InChI is InChI=1S/C9H6Cl2N4O2/c1-5(16)17-15-13-9(12-14-15)6-3-2-4-7(10)8(6)11/h2-4H,1H3. The molecule has 88 valence electrons. The van der Waals surface area contributed by atoms with E-state index in [1.165, 1.54) is 6.92 Å². The van der Waals surface area contributed by atoms with E-state index in [1.54, 1.807) is 18.2 Å². The molecule has 0 aliphatic carbocycles. The number of carbonyl (C=O) groups is 1. The largest absolute Gasteiger partial charge is 0.333 e. The molecule has 17 heavy (non-hydrogen) atoms. The van der Waals surface area contributed by atoms with Crippen molar-refractivity contribution in [2.45, 2.75) is 6.92 Å². The second-order valence-corrected chi connectivity index (χ2v) is 3.84. The number of tetrazole rings is 1. The maximum Gasteiger partial charge on any atom is 0.333 e. The average Bonchev–Trinajstić information content (AvgIpc) is 2.69. The van der Waals surface area contributed by atoms with Crippen LogP contribution in [0.2, 0.25) is 10.0 Å². The van der Waals surface area contributed by atoms with Crippen molar-refractivity contribution in [1.82, 2.24) is 20.4 Å². The third-order valence-electron chi connectivity index (χ3n) is 1.80. The molecule has 0 atom stereocenters. The van der Waals surface area contributed by atoms with Crippen molar-refractivity contribution in [2.24, 2.45) is 0 Å². The van der Waals surface area contributed by atoms with Crippen LogP contribution in [-0.2, 0) is 4.79 Å². The number of hydrogen-bond donors (Lipinski definition) is 0. The molecule has 0 saturated heterocycles. The van der Waals surface area contributed by atoms with E-state index in [2.05, 4.69) is 20.2 Å². The average molecular weight is 273 g/mol. The molecule has 6 nitrogen and oxygen atoms in total. The summed E-state index contributed by atoms with van der Waals surface area (Å²) in [4.78, 5) is 16.0. The molecule has 0 aliphatic heterocycles. The van der Waals surface area contributed by atoms with Crippen molar-refractivity contribution in [3.63, 3.8) is 0 Å². The fraction of sp³-hybridized carbons (Fsp3) is 0.111. The molecular weight excluding hydrogens is 267 g/mol. The molecule has 1 aromatic heterocycles. The van der Waals surface area contributed by atoms with Gasteiger partial charge in [-0.1, -0.05) is 34.4 Å². The van der Waals surface area contributed by atoms with Crippen molar-refractivity contribution in [1.29, 1.82) is 0 Å². The maximum atomic E-state index is 10.7. The summed E-state index contributed by atoms with van der Waals surface area (Å²) in [5, 5.41) is 11.8. The molecular formula is C9H6Cl2N4O2. The lowest BCUT2D eigenvalue weighted by molar-refractivity contribution is -0.145. The van der Waals surface area contributed by atoms with Gasteiger partial charge in [-0.2, -0.15) is 0 Å². The highest BCUT2D eigenvalue weighted by molar-refractivity contribution is 6.43. The summed E-state index contributed by atoms with van der Waals surface area (Å²) in [6.07, 6.45) is 0. The zero-order chi connectivity index (χ0) is 12.4. The topological polar surface area (TPSA) is 69.9 Å². The van der Waals surface area contributed by atoms with Crippen LogP contribution in [0.5, 0.6) is 0 Å². The SMILES string of the molecule is CC(=O)On1nnc(-c2cccc(Cl)c2Cl)n1. The van der Waals surface area contributed by atoms with Crippen molar-refractivity contribution < 1.29 is 9.63 Å². The lowest BCUT2D eigenvalue weighted by atomic mass is 10.2. The zero-order valence-electron chi connectivity index (χ0n) is 8.59. The van der Waals surface area contributed by atoms with E-state index in [0.717, 1.165) is 4.96 Å². The van der Waals surface area contributed by atoms with Crippen molar-refractivity contribution in [3.05, 3.63) is 28.2 Å². The number of rotatable bonds is 2. The fourth-order valence-corrected chi connectivity index (χ4v) is 1.52. The van der Waals surface area contributed by atoms with Gasteiger partial charge in [-0.25, -0.2) is 4.79 Å². The van der Waals surface area contributed by atoms with Crippen LogP contribution < -0.4 is 4.84 Å². The minimum absolute atomic E-state index is 0.221. The molecule has 2 aromatic rings. The first-order valence-corrected chi connectivity index (χ1v) is 5.27. The summed E-state index contributed by atoms with van der Waals surface area (Å²) in [7, 11) is 0. The van der Waals surface area contributed by atoms with Crippen molar-refractivity contribution >= 4 is 29.2 Å². The molecule has 0 spiro atoms. The Kier molecular flexibility index (Phi) is 3.26. The molecule has 2 rings (SSSR count). The van der Waals surface area contributed by atoms with Gasteiger partial charge in [-0.3, -0.25) is 0 Å². The van der Waals surface area contributed by atoms with Crippen LogP contribution in [0, 0.1) is 0 Å². The molecule has 0 unspecified atom stereocenters. The van der Waals surface area contributed by atoms with E-state index in [-0.39, 0.29) is 5.82 Å². The molecule has 0 radical (unpaired) electrons. The van der Waals surface area contributed by atoms with Crippen molar-refractivity contribution in [3.8, 4) is 11.4 Å². The van der Waals surface area contributed by atoms with E-state index in [9.17, 15) is 4.79 Å². The highest BCUT2D eigenvalue weighted by Gasteiger charge is 2.13. The Balaban J connectivity index is 2.37. The summed E-state index contributed by atoms with van der Waals surface area (Å²) >= 11 is 11.8. The van der Waals surface area contributed by atoms with Crippen LogP contribution in [0.25, 0.3) is 11.4 Å². The first-order chi connectivity index (χ1) is 8.08. The van der Waals surface area contributed by atoms with Crippen LogP contribution >= 0.6 is 23.2 Å². The Hall–Kier alpha value is -1.66. The number of benzene rings is 1. The van der Waals surface area contributed by atoms with Gasteiger partial charge in [-0.05, 0) is 17.3 Å². The lowest BCUT2D eigenvalue weighted by Gasteiger charge is -1.99. The first kappa shape index (κ1) is 11.8. The second-order valence-electron chi connectivity index (χ2n) is 3.05. The molecule has 0 aliphatic rings. The first-order valence-electron chi connectivity index (χ1n) is 4.51. The van der Waals surface area contributed by atoms with Gasteiger partial charge in [0.1, 0.15) is 0 Å². The number of hydrogen-bond acceptors (Lipinski definition) is 5. The molecule has 1 aromatic carbocycles. The van der Waals surface area contributed by atoms with E-state index in [1.807, 2.05) is 0 Å². The Morgan fingerprint density at radius 3 is 2.88 bits per heavy atom. The monoisotopic (exact) mass is 272 g/mol. The fourth-order valence-electron chi connectivity index (χ4n) is 1.14. The van der Waals surface area contributed by atoms with Crippen LogP contribution in [-0.4, -0.2) is 26.3 Å². The summed E-state index contributed by atoms with van der Waals surface area (Å²) < 4.78 is 0. The van der Waals surface area contributed by atoms with Crippen LogP contribution in [0.15, 0.2) is 18.2 Å². The summed E-state index contributed by atoms with van der Waals surface area (Å²) in [6.45, 7) is 1.23.